The topological polar surface area (TPSA) is 43.8 Å². The second kappa shape index (κ2) is 5.84. The molecule has 0 amide bonds. The molecule has 6 heteroatoms. The van der Waals surface area contributed by atoms with Gasteiger partial charge in [0.2, 0.25) is 0 Å². The number of halogens is 2. The molecule has 2 aromatic rings. The summed E-state index contributed by atoms with van der Waals surface area (Å²) in [4.78, 5) is 0.720. The Morgan fingerprint density at radius 1 is 1.47 bits per heavy atom. The molecule has 0 unspecified atom stereocenters. The minimum atomic E-state index is -0.289. The van der Waals surface area contributed by atoms with Gasteiger partial charge in [-0.15, -0.1) is 11.8 Å². The zero-order chi connectivity index (χ0) is 14.0. The lowest BCUT2D eigenvalue weighted by Gasteiger charge is -2.07. The summed E-state index contributed by atoms with van der Waals surface area (Å²) in [6.45, 7) is 4.63. The lowest BCUT2D eigenvalue weighted by molar-refractivity contribution is 0.624. The predicted octanol–water partition coefficient (Wildman–Crippen LogP) is 3.88. The lowest BCUT2D eigenvalue weighted by atomic mass is 10.3. The quantitative estimate of drug-likeness (QED) is 0.688. The molecule has 0 fully saturated rings. The highest BCUT2D eigenvalue weighted by molar-refractivity contribution is 7.98. The van der Waals surface area contributed by atoms with E-state index >= 15 is 0 Å². The summed E-state index contributed by atoms with van der Waals surface area (Å²) in [6, 6.07) is 4.36. The van der Waals surface area contributed by atoms with Crippen molar-refractivity contribution in [2.24, 2.45) is 0 Å². The number of thioether (sulfide) groups is 1. The molecule has 0 aliphatic carbocycles. The molecular weight excluding hydrogens is 285 g/mol. The van der Waals surface area contributed by atoms with Gasteiger partial charge in [0.25, 0.3) is 0 Å². The van der Waals surface area contributed by atoms with Crippen LogP contribution in [0.25, 0.3) is 0 Å². The highest BCUT2D eigenvalue weighted by Gasteiger charge is 2.13. The van der Waals surface area contributed by atoms with E-state index in [1.54, 1.807) is 6.07 Å². The Kier molecular flexibility index (Phi) is 4.37. The number of nitrogen functional groups attached to an aromatic ring is 1. The Hall–Kier alpha value is -1.20. The van der Waals surface area contributed by atoms with Gasteiger partial charge < -0.3 is 5.73 Å². The number of aryl methyl sites for hydroxylation is 2. The van der Waals surface area contributed by atoms with E-state index in [0.717, 1.165) is 22.8 Å². The van der Waals surface area contributed by atoms with Gasteiger partial charge >= 0.3 is 0 Å². The predicted molar refractivity (Wildman–Crippen MR) is 78.0 cm³/mol. The summed E-state index contributed by atoms with van der Waals surface area (Å²) in [5.74, 6) is 0.323. The minimum absolute atomic E-state index is 0.289. The molecule has 0 saturated heterocycles. The number of rotatable bonds is 4. The minimum Gasteiger partial charge on any atom is -0.398 e. The van der Waals surface area contributed by atoms with Gasteiger partial charge in [-0.2, -0.15) is 5.10 Å². The first kappa shape index (κ1) is 14.2. The van der Waals surface area contributed by atoms with Crippen molar-refractivity contribution in [1.82, 2.24) is 9.78 Å². The molecule has 19 heavy (non-hydrogen) atoms. The Morgan fingerprint density at radius 2 is 2.21 bits per heavy atom. The van der Waals surface area contributed by atoms with E-state index in [1.165, 1.54) is 23.9 Å². The summed E-state index contributed by atoms with van der Waals surface area (Å²) in [6.07, 6.45) is 0. The molecule has 0 saturated carbocycles. The van der Waals surface area contributed by atoms with E-state index in [0.29, 0.717) is 16.5 Å². The third-order valence-corrected chi connectivity index (χ3v) is 4.37. The molecule has 0 spiro atoms. The van der Waals surface area contributed by atoms with Crippen molar-refractivity contribution in [2.45, 2.75) is 31.0 Å². The van der Waals surface area contributed by atoms with Gasteiger partial charge in [0, 0.05) is 22.9 Å². The fourth-order valence-corrected chi connectivity index (χ4v) is 3.08. The average molecular weight is 300 g/mol. The average Bonchev–Trinajstić information content (AvgIpc) is 2.66. The number of nitrogens with zero attached hydrogens (tertiary/aromatic N) is 2. The maximum absolute atomic E-state index is 13.2. The van der Waals surface area contributed by atoms with Crippen LogP contribution < -0.4 is 5.73 Å². The van der Waals surface area contributed by atoms with Crippen LogP contribution in [-0.2, 0) is 12.3 Å². The fraction of sp³-hybridized carbons (Fsp3) is 0.308. The van der Waals surface area contributed by atoms with Crippen molar-refractivity contribution in [3.8, 4) is 0 Å². The standard InChI is InChI=1S/C13H15ClFN3S/c1-3-18-11(13(14)8(2)17-18)7-19-12-6-9(15)4-5-10(12)16/h4-6H,3,7,16H2,1-2H3. The first-order chi connectivity index (χ1) is 9.02. The summed E-state index contributed by atoms with van der Waals surface area (Å²) in [7, 11) is 0. The summed E-state index contributed by atoms with van der Waals surface area (Å²) in [5.41, 5.74) is 8.15. The van der Waals surface area contributed by atoms with Gasteiger partial charge in [-0.25, -0.2) is 4.39 Å². The monoisotopic (exact) mass is 299 g/mol. The van der Waals surface area contributed by atoms with Crippen LogP contribution in [0.5, 0.6) is 0 Å². The highest BCUT2D eigenvalue weighted by atomic mass is 35.5. The van der Waals surface area contributed by atoms with Crippen LogP contribution in [-0.4, -0.2) is 9.78 Å². The van der Waals surface area contributed by atoms with E-state index < -0.39 is 0 Å². The van der Waals surface area contributed by atoms with Crippen LogP contribution in [0.4, 0.5) is 10.1 Å². The smallest absolute Gasteiger partial charge is 0.124 e. The van der Waals surface area contributed by atoms with Crippen molar-refractivity contribution in [2.75, 3.05) is 5.73 Å². The number of nitrogens with two attached hydrogens (primary N) is 1. The molecule has 1 aromatic carbocycles. The fourth-order valence-electron chi connectivity index (χ4n) is 1.79. The lowest BCUT2D eigenvalue weighted by Crippen LogP contribution is -2.02. The molecule has 0 bridgehead atoms. The van der Waals surface area contributed by atoms with Crippen molar-refractivity contribution < 1.29 is 4.39 Å². The maximum atomic E-state index is 13.2. The first-order valence-electron chi connectivity index (χ1n) is 5.92. The number of anilines is 1. The maximum Gasteiger partial charge on any atom is 0.124 e. The Bertz CT molecular complexity index is 598. The van der Waals surface area contributed by atoms with Crippen LogP contribution >= 0.6 is 23.4 Å². The first-order valence-corrected chi connectivity index (χ1v) is 7.29. The van der Waals surface area contributed by atoms with E-state index in [-0.39, 0.29) is 5.82 Å². The van der Waals surface area contributed by atoms with Crippen LogP contribution in [0.1, 0.15) is 18.3 Å². The van der Waals surface area contributed by atoms with Crippen molar-refractivity contribution in [1.29, 1.82) is 0 Å². The molecule has 2 rings (SSSR count). The van der Waals surface area contributed by atoms with Crippen LogP contribution in [0.2, 0.25) is 5.02 Å². The largest absolute Gasteiger partial charge is 0.398 e. The van der Waals surface area contributed by atoms with Crippen molar-refractivity contribution in [3.05, 3.63) is 40.4 Å². The molecule has 1 aromatic heterocycles. The third-order valence-electron chi connectivity index (χ3n) is 2.79. The SMILES string of the molecule is CCn1nc(C)c(Cl)c1CSc1cc(F)ccc1N. The van der Waals surface area contributed by atoms with Crippen LogP contribution in [0, 0.1) is 12.7 Å². The second-order valence-electron chi connectivity index (χ2n) is 4.13. The van der Waals surface area contributed by atoms with E-state index in [9.17, 15) is 4.39 Å². The highest BCUT2D eigenvalue weighted by Crippen LogP contribution is 2.32. The number of aromatic nitrogens is 2. The van der Waals surface area contributed by atoms with Gasteiger partial charge in [-0.05, 0) is 32.0 Å². The molecule has 3 nitrogen and oxygen atoms in total. The molecular formula is C13H15ClFN3S. The third kappa shape index (κ3) is 3.04. The van der Waals surface area contributed by atoms with Crippen LogP contribution in [0.3, 0.4) is 0 Å². The molecule has 0 atom stereocenters. The number of hydrogen-bond acceptors (Lipinski definition) is 3. The Labute approximate surface area is 120 Å². The zero-order valence-corrected chi connectivity index (χ0v) is 12.4. The van der Waals surface area contributed by atoms with Gasteiger partial charge in [0.05, 0.1) is 16.4 Å². The van der Waals surface area contributed by atoms with Gasteiger partial charge in [0.1, 0.15) is 5.82 Å². The van der Waals surface area contributed by atoms with E-state index in [1.807, 2.05) is 18.5 Å². The van der Waals surface area contributed by atoms with Gasteiger partial charge in [-0.1, -0.05) is 11.6 Å². The Balaban J connectivity index is 2.21. The summed E-state index contributed by atoms with van der Waals surface area (Å²) >= 11 is 7.69. The van der Waals surface area contributed by atoms with E-state index in [4.69, 9.17) is 17.3 Å². The van der Waals surface area contributed by atoms with Crippen LogP contribution in [0.15, 0.2) is 23.1 Å². The number of benzene rings is 1. The second-order valence-corrected chi connectivity index (χ2v) is 5.53. The van der Waals surface area contributed by atoms with Crippen molar-refractivity contribution in [3.63, 3.8) is 0 Å². The Morgan fingerprint density at radius 3 is 2.89 bits per heavy atom. The molecule has 1 heterocycles. The zero-order valence-electron chi connectivity index (χ0n) is 10.8. The summed E-state index contributed by atoms with van der Waals surface area (Å²) < 4.78 is 15.1. The number of hydrogen-bond donors (Lipinski definition) is 1. The van der Waals surface area contributed by atoms with Gasteiger partial charge in [-0.3, -0.25) is 4.68 Å². The summed E-state index contributed by atoms with van der Waals surface area (Å²) in [5, 5.41) is 5.02. The molecule has 0 aliphatic rings. The molecule has 2 N–H and O–H groups in total. The van der Waals surface area contributed by atoms with Gasteiger partial charge in [0.15, 0.2) is 0 Å². The molecule has 102 valence electrons. The molecule has 0 radical (unpaired) electrons. The van der Waals surface area contributed by atoms with E-state index in [2.05, 4.69) is 5.10 Å². The normalized spacial score (nSPS) is 10.9. The molecule has 0 aliphatic heterocycles. The van der Waals surface area contributed by atoms with Crippen molar-refractivity contribution >= 4 is 29.1 Å².